The lowest BCUT2D eigenvalue weighted by atomic mass is 10.0. The Hall–Kier alpha value is -0.530. The van der Waals surface area contributed by atoms with Crippen molar-refractivity contribution >= 4 is 12.4 Å². The first-order valence-corrected chi connectivity index (χ1v) is 4.00. The largest absolute Gasteiger partial charge is 0.328 e. The van der Waals surface area contributed by atoms with E-state index in [1.165, 1.54) is 11.1 Å². The number of nitrogens with two attached hydrogens (primary N) is 1. The van der Waals surface area contributed by atoms with Crippen LogP contribution < -0.4 is 5.73 Å². The Balaban J connectivity index is 0.00000121. The zero-order chi connectivity index (χ0) is 8.27. The summed E-state index contributed by atoms with van der Waals surface area (Å²) in [6.45, 7) is 4.16. The molecule has 0 bridgehead atoms. The van der Waals surface area contributed by atoms with Crippen molar-refractivity contribution in [3.63, 3.8) is 0 Å². The lowest BCUT2D eigenvalue weighted by Gasteiger charge is -2.07. The summed E-state index contributed by atoms with van der Waals surface area (Å²) in [5.74, 6) is 0. The molecule has 2 N–H and O–H groups in total. The molecule has 68 valence electrons. The average Bonchev–Trinajstić information content (AvgIpc) is 1.93. The van der Waals surface area contributed by atoms with E-state index in [1.807, 2.05) is 6.92 Å². The summed E-state index contributed by atoms with van der Waals surface area (Å²) in [4.78, 5) is 0. The fourth-order valence-electron chi connectivity index (χ4n) is 1.19. The van der Waals surface area contributed by atoms with Gasteiger partial charge in [-0.3, -0.25) is 0 Å². The maximum absolute atomic E-state index is 5.69. The third-order valence-electron chi connectivity index (χ3n) is 1.80. The van der Waals surface area contributed by atoms with Crippen LogP contribution in [-0.2, 0) is 6.42 Å². The van der Waals surface area contributed by atoms with Gasteiger partial charge in [-0.15, -0.1) is 12.4 Å². The second-order valence-electron chi connectivity index (χ2n) is 3.11. The van der Waals surface area contributed by atoms with Crippen molar-refractivity contribution in [1.29, 1.82) is 0 Å². The Morgan fingerprint density at radius 2 is 1.92 bits per heavy atom. The molecule has 0 amide bonds. The van der Waals surface area contributed by atoms with Crippen molar-refractivity contribution in [1.82, 2.24) is 0 Å². The minimum Gasteiger partial charge on any atom is -0.328 e. The molecule has 0 saturated carbocycles. The van der Waals surface area contributed by atoms with Gasteiger partial charge in [0, 0.05) is 6.04 Å². The van der Waals surface area contributed by atoms with Gasteiger partial charge >= 0.3 is 0 Å². The highest BCUT2D eigenvalue weighted by atomic mass is 35.5. The van der Waals surface area contributed by atoms with Gasteiger partial charge in [-0.2, -0.15) is 0 Å². The molecule has 12 heavy (non-hydrogen) atoms. The summed E-state index contributed by atoms with van der Waals surface area (Å²) in [5, 5.41) is 0. The van der Waals surface area contributed by atoms with Crippen LogP contribution in [0.3, 0.4) is 0 Å². The Bertz CT molecular complexity index is 233. The van der Waals surface area contributed by atoms with Crippen LogP contribution in [0.15, 0.2) is 24.3 Å². The first kappa shape index (κ1) is 11.5. The molecular weight excluding hydrogens is 170 g/mol. The summed E-state index contributed by atoms with van der Waals surface area (Å²) in [6, 6.07) is 8.64. The summed E-state index contributed by atoms with van der Waals surface area (Å²) >= 11 is 0. The molecule has 0 fully saturated rings. The molecule has 0 saturated heterocycles. The molecule has 1 rings (SSSR count). The minimum absolute atomic E-state index is 0. The number of hydrogen-bond acceptors (Lipinski definition) is 1. The molecule has 0 aliphatic rings. The second kappa shape index (κ2) is 5.18. The third-order valence-corrected chi connectivity index (χ3v) is 1.80. The smallest absolute Gasteiger partial charge is 0.00510 e. The Morgan fingerprint density at radius 3 is 2.42 bits per heavy atom. The van der Waals surface area contributed by atoms with E-state index >= 15 is 0 Å². The highest BCUT2D eigenvalue weighted by molar-refractivity contribution is 5.85. The van der Waals surface area contributed by atoms with Gasteiger partial charge in [0.05, 0.1) is 0 Å². The number of aryl methyl sites for hydroxylation is 1. The van der Waals surface area contributed by atoms with E-state index in [2.05, 4.69) is 31.2 Å². The van der Waals surface area contributed by atoms with Gasteiger partial charge in [0.1, 0.15) is 0 Å². The van der Waals surface area contributed by atoms with Crippen molar-refractivity contribution in [2.45, 2.75) is 26.3 Å². The van der Waals surface area contributed by atoms with E-state index in [9.17, 15) is 0 Å². The number of hydrogen-bond donors (Lipinski definition) is 1. The topological polar surface area (TPSA) is 26.0 Å². The molecule has 0 heterocycles. The fraction of sp³-hybridized carbons (Fsp3) is 0.400. The highest BCUT2D eigenvalue weighted by Gasteiger charge is 1.99. The number of rotatable bonds is 2. The van der Waals surface area contributed by atoms with Crippen molar-refractivity contribution in [2.75, 3.05) is 0 Å². The van der Waals surface area contributed by atoms with E-state index in [-0.39, 0.29) is 18.4 Å². The van der Waals surface area contributed by atoms with E-state index < -0.39 is 0 Å². The van der Waals surface area contributed by atoms with Gasteiger partial charge in [0.25, 0.3) is 0 Å². The van der Waals surface area contributed by atoms with Crippen LogP contribution in [0.5, 0.6) is 0 Å². The zero-order valence-electron chi connectivity index (χ0n) is 7.58. The summed E-state index contributed by atoms with van der Waals surface area (Å²) in [7, 11) is 0. The molecule has 1 aromatic rings. The number of benzene rings is 1. The van der Waals surface area contributed by atoms with Gasteiger partial charge < -0.3 is 5.73 Å². The predicted octanol–water partition coefficient (Wildman–Crippen LogP) is 2.31. The molecule has 0 spiro atoms. The summed E-state index contributed by atoms with van der Waals surface area (Å²) in [6.07, 6.45) is 0.979. The lowest BCUT2D eigenvalue weighted by molar-refractivity contribution is 0.735. The van der Waals surface area contributed by atoms with Gasteiger partial charge in [0.15, 0.2) is 0 Å². The molecule has 1 atom stereocenters. The van der Waals surface area contributed by atoms with Crippen molar-refractivity contribution in [3.8, 4) is 0 Å². The Kier molecular flexibility index (Phi) is 4.95. The van der Waals surface area contributed by atoms with E-state index in [4.69, 9.17) is 5.73 Å². The molecule has 0 aromatic heterocycles. The van der Waals surface area contributed by atoms with E-state index in [1.54, 1.807) is 0 Å². The molecule has 0 aliphatic heterocycles. The number of halogens is 1. The van der Waals surface area contributed by atoms with E-state index in [0.717, 1.165) is 6.42 Å². The van der Waals surface area contributed by atoms with Gasteiger partial charge in [-0.1, -0.05) is 24.3 Å². The quantitative estimate of drug-likeness (QED) is 0.752. The van der Waals surface area contributed by atoms with Crippen molar-refractivity contribution in [2.24, 2.45) is 5.73 Å². The van der Waals surface area contributed by atoms with Gasteiger partial charge in [-0.05, 0) is 31.4 Å². The SMILES string of the molecule is Cc1ccccc1C[C@H](C)N.Cl. The van der Waals surface area contributed by atoms with Crippen LogP contribution in [0, 0.1) is 6.92 Å². The van der Waals surface area contributed by atoms with Crippen LogP contribution in [-0.4, -0.2) is 6.04 Å². The molecule has 1 nitrogen and oxygen atoms in total. The van der Waals surface area contributed by atoms with Crippen LogP contribution in [0.2, 0.25) is 0 Å². The summed E-state index contributed by atoms with van der Waals surface area (Å²) < 4.78 is 0. The molecule has 0 aliphatic carbocycles. The normalized spacial score (nSPS) is 11.9. The van der Waals surface area contributed by atoms with Gasteiger partial charge in [-0.25, -0.2) is 0 Å². The van der Waals surface area contributed by atoms with E-state index in [0.29, 0.717) is 0 Å². The molecule has 0 unspecified atom stereocenters. The monoisotopic (exact) mass is 185 g/mol. The predicted molar refractivity (Wildman–Crippen MR) is 55.8 cm³/mol. The van der Waals surface area contributed by atoms with Crippen LogP contribution in [0.1, 0.15) is 18.1 Å². The first-order valence-electron chi connectivity index (χ1n) is 4.00. The fourth-order valence-corrected chi connectivity index (χ4v) is 1.19. The molecule has 1 aromatic carbocycles. The van der Waals surface area contributed by atoms with Crippen molar-refractivity contribution in [3.05, 3.63) is 35.4 Å². The molecular formula is C10H16ClN. The van der Waals surface area contributed by atoms with Crippen LogP contribution in [0.25, 0.3) is 0 Å². The molecule has 2 heteroatoms. The highest BCUT2D eigenvalue weighted by Crippen LogP contribution is 2.08. The third kappa shape index (κ3) is 3.24. The Morgan fingerprint density at radius 1 is 1.33 bits per heavy atom. The summed E-state index contributed by atoms with van der Waals surface area (Å²) in [5.41, 5.74) is 8.39. The zero-order valence-corrected chi connectivity index (χ0v) is 8.40. The van der Waals surface area contributed by atoms with Crippen LogP contribution in [0.4, 0.5) is 0 Å². The average molecular weight is 186 g/mol. The van der Waals surface area contributed by atoms with Crippen molar-refractivity contribution < 1.29 is 0 Å². The standard InChI is InChI=1S/C10H15N.ClH/c1-8-5-3-4-6-10(8)7-9(2)11;/h3-6,9H,7,11H2,1-2H3;1H/t9-;/m0./s1. The maximum atomic E-state index is 5.69. The van der Waals surface area contributed by atoms with Crippen LogP contribution >= 0.6 is 12.4 Å². The lowest BCUT2D eigenvalue weighted by Crippen LogP contribution is -2.18. The Labute approximate surface area is 80.4 Å². The first-order chi connectivity index (χ1) is 5.20. The second-order valence-corrected chi connectivity index (χ2v) is 3.11. The minimum atomic E-state index is 0. The molecule has 0 radical (unpaired) electrons. The van der Waals surface area contributed by atoms with Gasteiger partial charge in [0.2, 0.25) is 0 Å². The maximum Gasteiger partial charge on any atom is 0.00510 e.